The summed E-state index contributed by atoms with van der Waals surface area (Å²) in [5.74, 6) is 0. The van der Waals surface area contributed by atoms with Crippen LogP contribution in [0, 0.1) is 0 Å². The Bertz CT molecular complexity index is 292. The van der Waals surface area contributed by atoms with E-state index in [1.165, 1.54) is 31.6 Å². The molecule has 0 atom stereocenters. The molecule has 1 N–H and O–H groups in total. The van der Waals surface area contributed by atoms with E-state index in [9.17, 15) is 17.3 Å². The van der Waals surface area contributed by atoms with E-state index in [-0.39, 0.29) is 0 Å². The second kappa shape index (κ2) is 5.72. The van der Waals surface area contributed by atoms with Crippen LogP contribution in [-0.4, -0.2) is 20.3 Å². The first kappa shape index (κ1) is 12.8. The first-order valence-corrected chi connectivity index (χ1v) is 5.05. The van der Waals surface area contributed by atoms with Gasteiger partial charge in [0.2, 0.25) is 0 Å². The van der Waals surface area contributed by atoms with Crippen LogP contribution in [0.3, 0.4) is 0 Å². The third-order valence-corrected chi connectivity index (χ3v) is 2.17. The normalized spacial score (nSPS) is 15.6. The zero-order valence-electron chi connectivity index (χ0n) is 8.67. The van der Waals surface area contributed by atoms with Gasteiger partial charge in [0.05, 0.1) is 0 Å². The molecule has 0 unspecified atom stereocenters. The molecule has 0 saturated carbocycles. The van der Waals surface area contributed by atoms with Crippen LogP contribution >= 0.6 is 0 Å². The number of aromatic amines is 1. The summed E-state index contributed by atoms with van der Waals surface area (Å²) in [6.45, 7) is 2.45. The Morgan fingerprint density at radius 3 is 1.88 bits per heavy atom. The fourth-order valence-electron chi connectivity index (χ4n) is 1.56. The summed E-state index contributed by atoms with van der Waals surface area (Å²) in [4.78, 5) is 5.45. The van der Waals surface area contributed by atoms with E-state index in [1.807, 2.05) is 12.4 Å². The maximum absolute atomic E-state index is 9.75. The maximum Gasteiger partial charge on any atom is 0.673 e. The van der Waals surface area contributed by atoms with Crippen molar-refractivity contribution in [2.24, 2.45) is 0 Å². The SMILES string of the molecule is F[B-](F)(F)F.c1cc(N2CCCC2)cc[nH+]1. The van der Waals surface area contributed by atoms with E-state index in [4.69, 9.17) is 0 Å². The first-order valence-electron chi connectivity index (χ1n) is 5.05. The number of pyridine rings is 1. The molecule has 16 heavy (non-hydrogen) atoms. The molecule has 0 bridgehead atoms. The highest BCUT2D eigenvalue weighted by atomic mass is 19.5. The van der Waals surface area contributed by atoms with Gasteiger partial charge in [-0.2, -0.15) is 0 Å². The van der Waals surface area contributed by atoms with Gasteiger partial charge in [-0.05, 0) is 12.8 Å². The van der Waals surface area contributed by atoms with Gasteiger partial charge in [0.1, 0.15) is 0 Å². The number of halogens is 4. The Kier molecular flexibility index (Phi) is 4.58. The number of H-pyrrole nitrogens is 1. The van der Waals surface area contributed by atoms with Gasteiger partial charge in [-0.1, -0.05) is 0 Å². The predicted molar refractivity (Wildman–Crippen MR) is 54.6 cm³/mol. The fraction of sp³-hybridized carbons (Fsp3) is 0.444. The standard InChI is InChI=1S/C9H12N2.BF4/c1-2-8-11(7-1)9-3-5-10-6-4-9;2-1(3,4)5/h3-6H,1-2,7-8H2;/q;-1/p+1. The molecular weight excluding hydrogens is 223 g/mol. The minimum Gasteiger partial charge on any atom is -0.418 e. The third kappa shape index (κ3) is 5.58. The molecule has 1 saturated heterocycles. The van der Waals surface area contributed by atoms with Crippen molar-refractivity contribution in [3.05, 3.63) is 24.5 Å². The van der Waals surface area contributed by atoms with Crippen LogP contribution < -0.4 is 9.88 Å². The zero-order chi connectivity index (χ0) is 12.0. The molecule has 1 aliphatic rings. The van der Waals surface area contributed by atoms with Gasteiger partial charge in [-0.25, -0.2) is 4.98 Å². The first-order chi connectivity index (χ1) is 7.47. The van der Waals surface area contributed by atoms with Crippen LogP contribution in [0.2, 0.25) is 0 Å². The number of hydrogen-bond acceptors (Lipinski definition) is 1. The molecule has 2 heterocycles. The quantitative estimate of drug-likeness (QED) is 0.540. The summed E-state index contributed by atoms with van der Waals surface area (Å²) in [7, 11) is -6.00. The summed E-state index contributed by atoms with van der Waals surface area (Å²) in [5.41, 5.74) is 1.35. The minimum absolute atomic E-state index is 1.23. The Morgan fingerprint density at radius 1 is 1.00 bits per heavy atom. The number of nitrogens with one attached hydrogen (secondary N) is 1. The van der Waals surface area contributed by atoms with Gasteiger partial charge < -0.3 is 22.2 Å². The summed E-state index contributed by atoms with van der Waals surface area (Å²) < 4.78 is 39.0. The molecule has 90 valence electrons. The van der Waals surface area contributed by atoms with E-state index in [2.05, 4.69) is 22.0 Å². The molecule has 1 aromatic heterocycles. The molecule has 7 heteroatoms. The second-order valence-electron chi connectivity index (χ2n) is 3.45. The van der Waals surface area contributed by atoms with E-state index in [0.29, 0.717) is 0 Å². The van der Waals surface area contributed by atoms with Crippen molar-refractivity contribution in [2.75, 3.05) is 18.0 Å². The van der Waals surface area contributed by atoms with Crippen LogP contribution in [-0.2, 0) is 0 Å². The second-order valence-corrected chi connectivity index (χ2v) is 3.45. The Morgan fingerprint density at radius 2 is 1.44 bits per heavy atom. The number of anilines is 1. The van der Waals surface area contributed by atoms with Gasteiger partial charge >= 0.3 is 7.25 Å². The Balaban J connectivity index is 0.000000221. The molecule has 1 aliphatic heterocycles. The predicted octanol–water partition coefficient (Wildman–Crippen LogP) is 2.40. The highest BCUT2D eigenvalue weighted by Gasteiger charge is 2.20. The Hall–Kier alpha value is -1.27. The molecule has 2 nitrogen and oxygen atoms in total. The lowest BCUT2D eigenvalue weighted by atomic mass is 10.3. The van der Waals surface area contributed by atoms with Crippen molar-refractivity contribution >= 4 is 12.9 Å². The zero-order valence-corrected chi connectivity index (χ0v) is 8.67. The van der Waals surface area contributed by atoms with E-state index < -0.39 is 7.25 Å². The molecular formula is C9H13BF4N2. The minimum atomic E-state index is -6.00. The lowest BCUT2D eigenvalue weighted by Gasteiger charge is -2.15. The van der Waals surface area contributed by atoms with Crippen LogP contribution in [0.5, 0.6) is 0 Å². The number of nitrogens with zero attached hydrogens (tertiary/aromatic N) is 1. The maximum atomic E-state index is 9.75. The summed E-state index contributed by atoms with van der Waals surface area (Å²) >= 11 is 0. The molecule has 1 fully saturated rings. The van der Waals surface area contributed by atoms with Gasteiger partial charge in [0.25, 0.3) is 0 Å². The van der Waals surface area contributed by atoms with E-state index in [1.54, 1.807) is 0 Å². The third-order valence-electron chi connectivity index (χ3n) is 2.17. The number of hydrogen-bond donors (Lipinski definition) is 0. The lowest BCUT2D eigenvalue weighted by molar-refractivity contribution is -0.377. The molecule has 0 amide bonds. The van der Waals surface area contributed by atoms with Crippen molar-refractivity contribution in [1.82, 2.24) is 0 Å². The van der Waals surface area contributed by atoms with Crippen molar-refractivity contribution in [2.45, 2.75) is 12.8 Å². The molecule has 2 rings (SSSR count). The van der Waals surface area contributed by atoms with Crippen molar-refractivity contribution in [3.8, 4) is 0 Å². The van der Waals surface area contributed by atoms with Crippen LogP contribution in [0.4, 0.5) is 23.0 Å². The largest absolute Gasteiger partial charge is 0.673 e. The van der Waals surface area contributed by atoms with Gasteiger partial charge in [-0.15, -0.1) is 0 Å². The topological polar surface area (TPSA) is 17.4 Å². The van der Waals surface area contributed by atoms with Crippen LogP contribution in [0.1, 0.15) is 12.8 Å². The van der Waals surface area contributed by atoms with E-state index >= 15 is 0 Å². The lowest BCUT2D eigenvalue weighted by Crippen LogP contribution is -2.18. The molecule has 0 spiro atoms. The molecule has 0 aromatic carbocycles. The molecule has 0 aliphatic carbocycles. The smallest absolute Gasteiger partial charge is 0.418 e. The Labute approximate surface area is 91.4 Å². The van der Waals surface area contributed by atoms with Gasteiger partial charge in [0, 0.05) is 30.9 Å². The average molecular weight is 236 g/mol. The monoisotopic (exact) mass is 236 g/mol. The van der Waals surface area contributed by atoms with Crippen molar-refractivity contribution < 1.29 is 22.2 Å². The highest BCUT2D eigenvalue weighted by Crippen LogP contribution is 2.17. The number of rotatable bonds is 1. The number of aromatic nitrogens is 1. The van der Waals surface area contributed by atoms with Crippen LogP contribution in [0.25, 0.3) is 0 Å². The van der Waals surface area contributed by atoms with Crippen molar-refractivity contribution in [3.63, 3.8) is 0 Å². The molecule has 0 radical (unpaired) electrons. The van der Waals surface area contributed by atoms with E-state index in [0.717, 1.165) is 0 Å². The molecule has 1 aromatic rings. The van der Waals surface area contributed by atoms with Crippen molar-refractivity contribution in [1.29, 1.82) is 0 Å². The highest BCUT2D eigenvalue weighted by molar-refractivity contribution is 6.50. The average Bonchev–Trinajstić information content (AvgIpc) is 2.69. The van der Waals surface area contributed by atoms with Gasteiger partial charge in [-0.3, -0.25) is 0 Å². The summed E-state index contributed by atoms with van der Waals surface area (Å²) in [5, 5.41) is 0. The van der Waals surface area contributed by atoms with Crippen LogP contribution in [0.15, 0.2) is 24.5 Å². The van der Waals surface area contributed by atoms with Gasteiger partial charge in [0.15, 0.2) is 12.4 Å². The fourth-order valence-corrected chi connectivity index (χ4v) is 1.56. The summed E-state index contributed by atoms with van der Waals surface area (Å²) in [6.07, 6.45) is 6.65. The summed E-state index contributed by atoms with van der Waals surface area (Å²) in [6, 6.07) is 4.26.